The Morgan fingerprint density at radius 2 is 2.43 bits per heavy atom. The van der Waals surface area contributed by atoms with E-state index in [0.717, 1.165) is 22.0 Å². The lowest BCUT2D eigenvalue weighted by Crippen LogP contribution is -1.81. The van der Waals surface area contributed by atoms with Crippen LogP contribution in [0.2, 0.25) is 0 Å². The van der Waals surface area contributed by atoms with Gasteiger partial charge in [-0.1, -0.05) is 0 Å². The van der Waals surface area contributed by atoms with Crippen LogP contribution in [-0.2, 0) is 0 Å². The summed E-state index contributed by atoms with van der Waals surface area (Å²) in [6.45, 7) is 0. The number of nitrogens with zero attached hydrogens (tertiary/aromatic N) is 2. The topological polar surface area (TPSA) is 56.0 Å². The minimum absolute atomic E-state index is 0.472. The third-order valence-electron chi connectivity index (χ3n) is 1.76. The molecule has 14 heavy (non-hydrogen) atoms. The van der Waals surface area contributed by atoms with Crippen molar-refractivity contribution in [3.63, 3.8) is 0 Å². The van der Waals surface area contributed by atoms with Gasteiger partial charge in [-0.05, 0) is 12.1 Å². The van der Waals surface area contributed by atoms with Crippen LogP contribution in [0.3, 0.4) is 0 Å². The van der Waals surface area contributed by atoms with Gasteiger partial charge in [-0.2, -0.15) is 0 Å². The highest BCUT2D eigenvalue weighted by molar-refractivity contribution is 7.17. The van der Waals surface area contributed by atoms with E-state index in [0.29, 0.717) is 0 Å². The van der Waals surface area contributed by atoms with Gasteiger partial charge in [0.1, 0.15) is 4.83 Å². The zero-order valence-corrected chi connectivity index (χ0v) is 7.90. The van der Waals surface area contributed by atoms with Crippen LogP contribution in [-0.4, -0.2) is 9.91 Å². The van der Waals surface area contributed by atoms with Crippen LogP contribution < -0.4 is 0 Å². The summed E-state index contributed by atoms with van der Waals surface area (Å²) in [5.74, 6) is 0. The van der Waals surface area contributed by atoms with Gasteiger partial charge in [0, 0.05) is 28.6 Å². The van der Waals surface area contributed by atoms with Gasteiger partial charge in [-0.3, -0.25) is 10.1 Å². The Kier molecular flexibility index (Phi) is 2.24. The molecule has 0 bridgehead atoms. The Bertz CT molecular complexity index is 504. The number of hydrogen-bond donors (Lipinski definition) is 0. The van der Waals surface area contributed by atoms with Crippen molar-refractivity contribution in [2.45, 2.75) is 0 Å². The number of fused-ring (bicyclic) bond motifs is 1. The third kappa shape index (κ3) is 1.62. The maximum absolute atomic E-state index is 10.1. The molecule has 0 aliphatic rings. The predicted octanol–water partition coefficient (Wildman–Crippen LogP) is 2.54. The van der Waals surface area contributed by atoms with Gasteiger partial charge in [0.05, 0.1) is 4.92 Å². The molecule has 0 unspecified atom stereocenters. The fourth-order valence-corrected chi connectivity index (χ4v) is 2.04. The van der Waals surface area contributed by atoms with E-state index in [1.54, 1.807) is 6.20 Å². The Hall–Kier alpha value is -1.75. The lowest BCUT2D eigenvalue weighted by Gasteiger charge is -1.87. The fraction of sp³-hybridized carbons (Fsp3) is 0. The number of rotatable bonds is 2. The SMILES string of the molecule is O=[N+]([O-])/C=C/c1csc2ncccc12. The highest BCUT2D eigenvalue weighted by Crippen LogP contribution is 2.24. The number of pyridine rings is 1. The molecule has 70 valence electrons. The molecule has 2 aromatic rings. The van der Waals surface area contributed by atoms with Gasteiger partial charge >= 0.3 is 0 Å². The molecule has 2 heterocycles. The van der Waals surface area contributed by atoms with Gasteiger partial charge in [0.15, 0.2) is 0 Å². The van der Waals surface area contributed by atoms with Gasteiger partial charge in [0.25, 0.3) is 0 Å². The van der Waals surface area contributed by atoms with E-state index >= 15 is 0 Å². The smallest absolute Gasteiger partial charge is 0.235 e. The Balaban J connectivity index is 2.48. The van der Waals surface area contributed by atoms with E-state index in [4.69, 9.17) is 0 Å². The van der Waals surface area contributed by atoms with Gasteiger partial charge < -0.3 is 0 Å². The summed E-state index contributed by atoms with van der Waals surface area (Å²) in [5, 5.41) is 13.0. The number of hydrogen-bond acceptors (Lipinski definition) is 4. The summed E-state index contributed by atoms with van der Waals surface area (Å²) in [6, 6.07) is 3.72. The molecule has 0 saturated carbocycles. The van der Waals surface area contributed by atoms with Crippen LogP contribution in [0.4, 0.5) is 0 Å². The van der Waals surface area contributed by atoms with E-state index in [9.17, 15) is 10.1 Å². The third-order valence-corrected chi connectivity index (χ3v) is 2.68. The molecule has 2 rings (SSSR count). The normalized spacial score (nSPS) is 11.1. The van der Waals surface area contributed by atoms with E-state index < -0.39 is 4.92 Å². The maximum Gasteiger partial charge on any atom is 0.235 e. The standard InChI is InChI=1S/C9H6N2O2S/c12-11(13)5-3-7-6-14-9-8(7)2-1-4-10-9/h1-6H/b5-3+. The van der Waals surface area contributed by atoms with Crippen molar-refractivity contribution >= 4 is 27.6 Å². The summed E-state index contributed by atoms with van der Waals surface area (Å²) >= 11 is 1.48. The lowest BCUT2D eigenvalue weighted by molar-refractivity contribution is -0.400. The Morgan fingerprint density at radius 1 is 1.57 bits per heavy atom. The lowest BCUT2D eigenvalue weighted by atomic mass is 10.2. The zero-order valence-electron chi connectivity index (χ0n) is 7.08. The molecule has 0 atom stereocenters. The quantitative estimate of drug-likeness (QED) is 0.560. The molecule has 0 radical (unpaired) electrons. The minimum atomic E-state index is -0.472. The summed E-state index contributed by atoms with van der Waals surface area (Å²) in [5.41, 5.74) is 0.842. The molecular weight excluding hydrogens is 200 g/mol. The fourth-order valence-electron chi connectivity index (χ4n) is 1.16. The van der Waals surface area contributed by atoms with E-state index in [2.05, 4.69) is 4.98 Å². The van der Waals surface area contributed by atoms with E-state index in [1.165, 1.54) is 17.4 Å². The number of nitro groups is 1. The van der Waals surface area contributed by atoms with Crippen molar-refractivity contribution in [2.24, 2.45) is 0 Å². The molecule has 0 aliphatic carbocycles. The van der Waals surface area contributed by atoms with Crippen molar-refractivity contribution in [2.75, 3.05) is 0 Å². The molecule has 5 heteroatoms. The minimum Gasteiger partial charge on any atom is -0.259 e. The van der Waals surface area contributed by atoms with Crippen molar-refractivity contribution in [3.8, 4) is 0 Å². The van der Waals surface area contributed by atoms with Gasteiger partial charge in [-0.15, -0.1) is 11.3 Å². The average molecular weight is 206 g/mol. The summed E-state index contributed by atoms with van der Waals surface area (Å²) in [7, 11) is 0. The first-order valence-electron chi connectivity index (χ1n) is 3.91. The van der Waals surface area contributed by atoms with Crippen LogP contribution >= 0.6 is 11.3 Å². The summed E-state index contributed by atoms with van der Waals surface area (Å²) in [6.07, 6.45) is 4.13. The van der Waals surface area contributed by atoms with Crippen LogP contribution in [0, 0.1) is 10.1 Å². The molecule has 0 fully saturated rings. The largest absolute Gasteiger partial charge is 0.259 e. The average Bonchev–Trinajstić information content (AvgIpc) is 2.58. The predicted molar refractivity (Wildman–Crippen MR) is 55.6 cm³/mol. The molecule has 0 spiro atoms. The molecule has 0 N–H and O–H groups in total. The zero-order chi connectivity index (χ0) is 9.97. The van der Waals surface area contributed by atoms with Crippen molar-refractivity contribution in [1.82, 2.24) is 4.98 Å². The first-order chi connectivity index (χ1) is 6.77. The van der Waals surface area contributed by atoms with Crippen LogP contribution in [0.15, 0.2) is 29.9 Å². The second-order valence-corrected chi connectivity index (χ2v) is 3.51. The van der Waals surface area contributed by atoms with Crippen LogP contribution in [0.1, 0.15) is 5.56 Å². The number of thiophene rings is 1. The molecule has 0 amide bonds. The first kappa shape index (κ1) is 8.83. The van der Waals surface area contributed by atoms with E-state index in [-0.39, 0.29) is 0 Å². The molecule has 0 aliphatic heterocycles. The van der Waals surface area contributed by atoms with Gasteiger partial charge in [0.2, 0.25) is 6.20 Å². The highest BCUT2D eigenvalue weighted by atomic mass is 32.1. The second kappa shape index (κ2) is 3.55. The van der Waals surface area contributed by atoms with Gasteiger partial charge in [-0.25, -0.2) is 4.98 Å². The van der Waals surface area contributed by atoms with Crippen LogP contribution in [0.5, 0.6) is 0 Å². The Morgan fingerprint density at radius 3 is 3.21 bits per heavy atom. The number of aromatic nitrogens is 1. The highest BCUT2D eigenvalue weighted by Gasteiger charge is 2.01. The molecule has 4 nitrogen and oxygen atoms in total. The Labute approximate surface area is 83.7 Å². The summed E-state index contributed by atoms with van der Waals surface area (Å²) in [4.78, 5) is 14.7. The first-order valence-corrected chi connectivity index (χ1v) is 4.79. The van der Waals surface area contributed by atoms with Crippen molar-refractivity contribution in [3.05, 3.63) is 45.6 Å². The van der Waals surface area contributed by atoms with E-state index in [1.807, 2.05) is 17.5 Å². The second-order valence-electron chi connectivity index (χ2n) is 2.65. The summed E-state index contributed by atoms with van der Waals surface area (Å²) < 4.78 is 0. The van der Waals surface area contributed by atoms with Crippen LogP contribution in [0.25, 0.3) is 16.3 Å². The molecule has 0 saturated heterocycles. The van der Waals surface area contributed by atoms with Crippen molar-refractivity contribution in [1.29, 1.82) is 0 Å². The molecule has 0 aromatic carbocycles. The maximum atomic E-state index is 10.1. The van der Waals surface area contributed by atoms with Crippen molar-refractivity contribution < 1.29 is 4.92 Å². The monoisotopic (exact) mass is 206 g/mol. The molecular formula is C9H6N2O2S. The molecule has 2 aromatic heterocycles.